The molecule has 1 atom stereocenters. The number of fused-ring (bicyclic) bond motifs is 6. The van der Waals surface area contributed by atoms with Crippen LogP contribution in [0.25, 0.3) is 0 Å². The lowest BCUT2D eigenvalue weighted by Gasteiger charge is -2.37. The van der Waals surface area contributed by atoms with Crippen molar-refractivity contribution in [1.29, 1.82) is 0 Å². The zero-order valence-corrected chi connectivity index (χ0v) is 21.9. The van der Waals surface area contributed by atoms with Crippen LogP contribution in [0, 0.1) is 0 Å². The number of hydrogen-bond acceptors (Lipinski definition) is 11. The molecule has 2 N–H and O–H groups in total. The quantitative estimate of drug-likeness (QED) is 0.141. The van der Waals surface area contributed by atoms with E-state index in [1.54, 1.807) is 0 Å². The lowest BCUT2D eigenvalue weighted by atomic mass is 9.82. The molecule has 0 radical (unpaired) electrons. The molecule has 2 aromatic carbocycles. The number of esters is 1. The van der Waals surface area contributed by atoms with Crippen molar-refractivity contribution in [3.8, 4) is 28.4 Å². The van der Waals surface area contributed by atoms with Gasteiger partial charge in [0.05, 0.1) is 10.7 Å². The molecule has 41 heavy (non-hydrogen) atoms. The molecule has 1 unspecified atom stereocenters. The van der Waals surface area contributed by atoms with E-state index in [1.165, 1.54) is 24.3 Å². The Morgan fingerprint density at radius 2 is 1.46 bits per heavy atom. The Balaban J connectivity index is 1.95. The van der Waals surface area contributed by atoms with Crippen molar-refractivity contribution in [2.75, 3.05) is 0 Å². The molecular formula is C21H10F6O11S2Si. The second-order valence-electron chi connectivity index (χ2n) is 8.29. The van der Waals surface area contributed by atoms with Gasteiger partial charge in [0.15, 0.2) is 11.4 Å². The SMILES string of the molecule is O=C1OC2(c3ccc(O)cc3Oc3cc(O)c(OS(=O)(=O)C(F)(F)F)[si](OS(=O)(=O)C(F)(F)F)c32)c2ccccc21. The van der Waals surface area contributed by atoms with E-state index >= 15 is 0 Å². The van der Waals surface area contributed by atoms with Crippen molar-refractivity contribution in [3.05, 3.63) is 70.4 Å². The highest BCUT2D eigenvalue weighted by Crippen LogP contribution is 2.58. The molecule has 5 rings (SSSR count). The van der Waals surface area contributed by atoms with Crippen molar-refractivity contribution in [2.45, 2.75) is 16.6 Å². The summed E-state index contributed by atoms with van der Waals surface area (Å²) in [4.78, 5) is 12.9. The fourth-order valence-corrected chi connectivity index (χ4v) is 8.68. The second kappa shape index (κ2) is 8.73. The first-order valence-corrected chi connectivity index (χ1v) is 14.8. The van der Waals surface area contributed by atoms with Crippen molar-refractivity contribution >= 4 is 34.8 Å². The van der Waals surface area contributed by atoms with Crippen molar-refractivity contribution in [2.24, 2.45) is 0 Å². The molecule has 0 saturated heterocycles. The van der Waals surface area contributed by atoms with Gasteiger partial charge in [-0.2, -0.15) is 43.2 Å². The van der Waals surface area contributed by atoms with Crippen LogP contribution in [0.2, 0.25) is 0 Å². The van der Waals surface area contributed by atoms with Gasteiger partial charge in [-0.1, -0.05) is 18.2 Å². The Morgan fingerprint density at radius 1 is 0.829 bits per heavy atom. The lowest BCUT2D eigenvalue weighted by Crippen LogP contribution is -2.43. The number of hydrogen-bond donors (Lipinski definition) is 2. The molecule has 3 aromatic rings. The Kier molecular flexibility index (Phi) is 6.06. The van der Waals surface area contributed by atoms with Crippen LogP contribution < -0.4 is 12.8 Å². The first kappa shape index (κ1) is 28.5. The Hall–Kier alpha value is -4.04. The largest absolute Gasteiger partial charge is 0.534 e. The minimum Gasteiger partial charge on any atom is -0.508 e. The predicted octanol–water partition coefficient (Wildman–Crippen LogP) is 3.20. The third-order valence-electron chi connectivity index (χ3n) is 5.82. The molecule has 1 aromatic heterocycles. The molecular weight excluding hydrogens is 634 g/mol. The van der Waals surface area contributed by atoms with E-state index in [2.05, 4.69) is 8.06 Å². The van der Waals surface area contributed by atoms with E-state index in [0.29, 0.717) is 6.07 Å². The maximum Gasteiger partial charge on any atom is 0.534 e. The molecule has 0 aliphatic carbocycles. The van der Waals surface area contributed by atoms with Gasteiger partial charge in [0, 0.05) is 23.3 Å². The molecule has 2 aliphatic heterocycles. The van der Waals surface area contributed by atoms with Gasteiger partial charge in [0.1, 0.15) is 17.2 Å². The number of aromatic hydroxyl groups is 2. The van der Waals surface area contributed by atoms with Crippen LogP contribution in [-0.4, -0.2) is 52.7 Å². The van der Waals surface area contributed by atoms with Gasteiger partial charge in [-0.05, 0) is 18.2 Å². The summed E-state index contributed by atoms with van der Waals surface area (Å²) in [6.45, 7) is 0. The van der Waals surface area contributed by atoms with Crippen molar-refractivity contribution in [1.82, 2.24) is 0 Å². The summed E-state index contributed by atoms with van der Waals surface area (Å²) < 4.78 is 147. The summed E-state index contributed by atoms with van der Waals surface area (Å²) in [5.74, 6) is -4.34. The number of halogens is 6. The Labute approximate surface area is 226 Å². The van der Waals surface area contributed by atoms with E-state index in [1.807, 2.05) is 0 Å². The molecule has 2 aliphatic rings. The number of carbonyl (C=O) groups excluding carboxylic acids is 1. The molecule has 0 bridgehead atoms. The van der Waals surface area contributed by atoms with Gasteiger partial charge < -0.3 is 27.7 Å². The van der Waals surface area contributed by atoms with Crippen LogP contribution >= 0.6 is 0 Å². The minimum absolute atomic E-state index is 0.198. The van der Waals surface area contributed by atoms with Crippen LogP contribution in [0.4, 0.5) is 26.3 Å². The first-order chi connectivity index (χ1) is 18.8. The highest BCUT2D eigenvalue weighted by atomic mass is 32.2. The maximum atomic E-state index is 13.4. The van der Waals surface area contributed by atoms with Gasteiger partial charge in [-0.3, -0.25) is 0 Å². The van der Waals surface area contributed by atoms with Crippen LogP contribution in [0.1, 0.15) is 26.7 Å². The van der Waals surface area contributed by atoms with Crippen LogP contribution in [0.15, 0.2) is 48.5 Å². The standard InChI is InChI=1S/C21H10F6O11S2Si/c22-20(23,24)39(31,32)37-18-13(29)8-15-16(41(18)38-40(33,34)21(25,26)27)19(12-6-5-9(28)7-14(12)35-15)11-4-2-1-3-10(11)17(30)36-19/h1-8,28-29H. The maximum absolute atomic E-state index is 13.4. The number of phenols is 1. The zero-order valence-electron chi connectivity index (χ0n) is 19.3. The molecule has 11 nitrogen and oxygen atoms in total. The Bertz CT molecular complexity index is 1860. The monoisotopic (exact) mass is 644 g/mol. The van der Waals surface area contributed by atoms with E-state index in [9.17, 15) is 58.2 Å². The number of rotatable bonds is 4. The van der Waals surface area contributed by atoms with Gasteiger partial charge >= 0.3 is 45.9 Å². The van der Waals surface area contributed by atoms with E-state index in [0.717, 1.165) is 18.2 Å². The molecule has 0 saturated carbocycles. The number of carbonyl (C=O) groups is 1. The van der Waals surface area contributed by atoms with Gasteiger partial charge in [0.2, 0.25) is 5.36 Å². The summed E-state index contributed by atoms with van der Waals surface area (Å²) >= 11 is 0. The summed E-state index contributed by atoms with van der Waals surface area (Å²) in [6, 6.07) is 8.49. The van der Waals surface area contributed by atoms with Crippen molar-refractivity contribution in [3.63, 3.8) is 0 Å². The highest BCUT2D eigenvalue weighted by molar-refractivity contribution is 7.89. The molecule has 1 spiro atoms. The van der Waals surface area contributed by atoms with Crippen LogP contribution in [0.3, 0.4) is 0 Å². The van der Waals surface area contributed by atoms with Crippen LogP contribution in [-0.2, 0) is 30.6 Å². The third-order valence-corrected chi connectivity index (χ3v) is 10.9. The number of phenolic OH excluding ortho intramolecular Hbond substituents is 1. The number of alkyl halides is 6. The van der Waals surface area contributed by atoms with Gasteiger partial charge in [-0.15, -0.1) is 0 Å². The average Bonchev–Trinajstić information content (AvgIpc) is 3.12. The summed E-state index contributed by atoms with van der Waals surface area (Å²) in [7, 11) is -18.2. The van der Waals surface area contributed by atoms with Crippen LogP contribution in [0.5, 0.6) is 28.4 Å². The number of benzene rings is 2. The predicted molar refractivity (Wildman–Crippen MR) is 121 cm³/mol. The summed E-state index contributed by atoms with van der Waals surface area (Å²) in [5.41, 5.74) is -15.6. The lowest BCUT2D eigenvalue weighted by molar-refractivity contribution is -0.0505. The fraction of sp³-hybridized carbons (Fsp3) is 0.143. The number of ether oxygens (including phenoxy) is 2. The van der Waals surface area contributed by atoms with E-state index in [4.69, 9.17) is 9.47 Å². The smallest absolute Gasteiger partial charge is 0.508 e. The Morgan fingerprint density at radius 3 is 2.10 bits per heavy atom. The molecule has 0 fully saturated rings. The average molecular weight is 645 g/mol. The highest BCUT2D eigenvalue weighted by Gasteiger charge is 2.59. The molecule has 3 heterocycles. The first-order valence-electron chi connectivity index (χ1n) is 10.6. The topological polar surface area (TPSA) is 163 Å². The third kappa shape index (κ3) is 4.23. The molecule has 20 heteroatoms. The zero-order chi connectivity index (χ0) is 30.3. The summed E-state index contributed by atoms with van der Waals surface area (Å²) in [6.07, 6.45) is 0. The second-order valence-corrected chi connectivity index (χ2v) is 13.5. The minimum atomic E-state index is -6.76. The summed E-state index contributed by atoms with van der Waals surface area (Å²) in [5, 5.41) is 17.6. The van der Waals surface area contributed by atoms with Gasteiger partial charge in [0.25, 0.3) is 0 Å². The molecule has 218 valence electrons. The fourth-order valence-electron chi connectivity index (χ4n) is 4.23. The van der Waals surface area contributed by atoms with E-state index < -0.39 is 79.2 Å². The van der Waals surface area contributed by atoms with E-state index in [-0.39, 0.29) is 22.4 Å². The normalized spacial score (nSPS) is 18.1. The van der Waals surface area contributed by atoms with Gasteiger partial charge in [-0.25, -0.2) is 4.79 Å². The van der Waals surface area contributed by atoms with Crippen molar-refractivity contribution < 1.29 is 75.7 Å². The molecule has 0 amide bonds.